The fourth-order valence-corrected chi connectivity index (χ4v) is 3.55. The zero-order valence-electron chi connectivity index (χ0n) is 15.8. The maximum absolute atomic E-state index is 13.3. The molecule has 0 unspecified atom stereocenters. The third-order valence-electron chi connectivity index (χ3n) is 5.04. The Labute approximate surface area is 167 Å². The van der Waals surface area contributed by atoms with Gasteiger partial charge in [0.2, 0.25) is 5.95 Å². The molecule has 0 bridgehead atoms. The first-order chi connectivity index (χ1) is 14.3. The quantitative estimate of drug-likeness (QED) is 0.532. The summed E-state index contributed by atoms with van der Waals surface area (Å²) in [5, 5.41) is 3.47. The Hall–Kier alpha value is -3.45. The number of hydrogen-bond acceptors (Lipinski definition) is 5. The van der Waals surface area contributed by atoms with E-state index in [2.05, 4.69) is 39.5 Å². The molecule has 5 rings (SSSR count). The Balaban J connectivity index is 1.49. The van der Waals surface area contributed by atoms with E-state index in [1.54, 1.807) is 6.07 Å². The lowest BCUT2D eigenvalue weighted by molar-refractivity contribution is 0.122. The van der Waals surface area contributed by atoms with Crippen LogP contribution in [0.15, 0.2) is 67.0 Å². The Morgan fingerprint density at radius 2 is 1.79 bits per heavy atom. The second-order valence-electron chi connectivity index (χ2n) is 6.88. The van der Waals surface area contributed by atoms with Gasteiger partial charge >= 0.3 is 0 Å². The van der Waals surface area contributed by atoms with Crippen LogP contribution in [0, 0.1) is 5.95 Å². The molecule has 1 N–H and O–H groups in total. The Morgan fingerprint density at radius 1 is 0.966 bits per heavy atom. The molecule has 0 aliphatic carbocycles. The molecule has 4 aromatic rings. The Kier molecular flexibility index (Phi) is 4.57. The SMILES string of the molecule is Fc1ccc(-c2nc3ccccn3c2Nc2ccc(N3CCOCC3)cc2)cn1. The van der Waals surface area contributed by atoms with E-state index in [4.69, 9.17) is 9.72 Å². The van der Waals surface area contributed by atoms with Crippen molar-refractivity contribution in [3.63, 3.8) is 0 Å². The van der Waals surface area contributed by atoms with Crippen LogP contribution in [0.3, 0.4) is 0 Å². The molecule has 1 fully saturated rings. The number of ether oxygens (including phenoxy) is 1. The molecular weight excluding hydrogens is 369 g/mol. The summed E-state index contributed by atoms with van der Waals surface area (Å²) in [6, 6.07) is 17.2. The third-order valence-corrected chi connectivity index (χ3v) is 5.04. The number of pyridine rings is 2. The van der Waals surface area contributed by atoms with Crippen molar-refractivity contribution in [2.75, 3.05) is 36.5 Å². The van der Waals surface area contributed by atoms with E-state index in [1.807, 2.05) is 28.8 Å². The molecule has 0 saturated carbocycles. The third kappa shape index (κ3) is 3.52. The maximum atomic E-state index is 13.3. The van der Waals surface area contributed by atoms with E-state index in [1.165, 1.54) is 18.0 Å². The van der Waals surface area contributed by atoms with Crippen molar-refractivity contribution in [3.05, 3.63) is 72.9 Å². The van der Waals surface area contributed by atoms with Crippen molar-refractivity contribution in [2.45, 2.75) is 0 Å². The lowest BCUT2D eigenvalue weighted by atomic mass is 10.2. The van der Waals surface area contributed by atoms with Crippen LogP contribution < -0.4 is 10.2 Å². The summed E-state index contributed by atoms with van der Waals surface area (Å²) in [4.78, 5) is 10.8. The molecule has 0 amide bonds. The summed E-state index contributed by atoms with van der Waals surface area (Å²) >= 11 is 0. The molecule has 6 nitrogen and oxygen atoms in total. The number of imidazole rings is 1. The van der Waals surface area contributed by atoms with Crippen LogP contribution in [0.5, 0.6) is 0 Å². The van der Waals surface area contributed by atoms with Gasteiger partial charge in [0.1, 0.15) is 17.2 Å². The van der Waals surface area contributed by atoms with Crippen molar-refractivity contribution in [3.8, 4) is 11.3 Å². The van der Waals surface area contributed by atoms with Gasteiger partial charge in [-0.2, -0.15) is 4.39 Å². The second kappa shape index (κ2) is 7.52. The first-order valence-corrected chi connectivity index (χ1v) is 9.57. The largest absolute Gasteiger partial charge is 0.378 e. The van der Waals surface area contributed by atoms with Gasteiger partial charge < -0.3 is 15.0 Å². The highest BCUT2D eigenvalue weighted by Gasteiger charge is 2.15. The van der Waals surface area contributed by atoms with Crippen molar-refractivity contribution in [2.24, 2.45) is 0 Å². The van der Waals surface area contributed by atoms with Gasteiger partial charge in [0.05, 0.1) is 13.2 Å². The molecule has 7 heteroatoms. The maximum Gasteiger partial charge on any atom is 0.212 e. The molecule has 3 aromatic heterocycles. The average molecular weight is 389 g/mol. The normalized spacial score (nSPS) is 14.3. The van der Waals surface area contributed by atoms with Gasteiger partial charge in [-0.25, -0.2) is 9.97 Å². The van der Waals surface area contributed by atoms with Gasteiger partial charge in [-0.1, -0.05) is 6.07 Å². The molecule has 1 aliphatic rings. The van der Waals surface area contributed by atoms with Crippen LogP contribution >= 0.6 is 0 Å². The summed E-state index contributed by atoms with van der Waals surface area (Å²) in [6.07, 6.45) is 3.46. The number of benzene rings is 1. The smallest absolute Gasteiger partial charge is 0.212 e. The summed E-state index contributed by atoms with van der Waals surface area (Å²) < 4.78 is 20.7. The molecule has 0 atom stereocenters. The standard InChI is InChI=1S/C22H20FN5O/c23-19-9-4-16(15-24-19)21-22(28-10-2-1-3-20(28)26-21)25-17-5-7-18(8-6-17)27-11-13-29-14-12-27/h1-10,15,25H,11-14H2. The lowest BCUT2D eigenvalue weighted by Gasteiger charge is -2.28. The van der Waals surface area contributed by atoms with E-state index >= 15 is 0 Å². The van der Waals surface area contributed by atoms with E-state index < -0.39 is 5.95 Å². The van der Waals surface area contributed by atoms with Crippen LogP contribution in [-0.2, 0) is 4.74 Å². The predicted octanol–water partition coefficient (Wildman–Crippen LogP) is 4.12. The second-order valence-corrected chi connectivity index (χ2v) is 6.88. The van der Waals surface area contributed by atoms with Crippen LogP contribution in [0.2, 0.25) is 0 Å². The van der Waals surface area contributed by atoms with Crippen molar-refractivity contribution in [1.29, 1.82) is 0 Å². The van der Waals surface area contributed by atoms with Crippen molar-refractivity contribution >= 4 is 22.8 Å². The Bertz CT molecular complexity index is 1120. The number of hydrogen-bond donors (Lipinski definition) is 1. The zero-order chi connectivity index (χ0) is 19.6. The highest BCUT2D eigenvalue weighted by atomic mass is 19.1. The lowest BCUT2D eigenvalue weighted by Crippen LogP contribution is -2.36. The highest BCUT2D eigenvalue weighted by Crippen LogP contribution is 2.31. The van der Waals surface area contributed by atoms with Gasteiger partial charge in [0, 0.05) is 42.4 Å². The van der Waals surface area contributed by atoms with Crippen molar-refractivity contribution in [1.82, 2.24) is 14.4 Å². The van der Waals surface area contributed by atoms with Crippen LogP contribution in [0.25, 0.3) is 16.9 Å². The number of anilines is 3. The summed E-state index contributed by atoms with van der Waals surface area (Å²) in [6.45, 7) is 3.33. The minimum atomic E-state index is -0.509. The molecule has 1 aliphatic heterocycles. The number of halogens is 1. The number of aromatic nitrogens is 3. The summed E-state index contributed by atoms with van der Waals surface area (Å²) in [5.74, 6) is 0.304. The van der Waals surface area contributed by atoms with Gasteiger partial charge in [-0.05, 0) is 48.5 Å². The van der Waals surface area contributed by atoms with E-state index in [9.17, 15) is 4.39 Å². The topological polar surface area (TPSA) is 54.7 Å². The van der Waals surface area contributed by atoms with Crippen LogP contribution in [0.4, 0.5) is 21.6 Å². The minimum absolute atomic E-state index is 0.509. The van der Waals surface area contributed by atoms with Crippen LogP contribution in [-0.4, -0.2) is 40.7 Å². The fraction of sp³-hybridized carbons (Fsp3) is 0.182. The number of fused-ring (bicyclic) bond motifs is 1. The number of rotatable bonds is 4. The number of nitrogens with one attached hydrogen (secondary N) is 1. The van der Waals surface area contributed by atoms with Gasteiger partial charge in [-0.15, -0.1) is 0 Å². The molecule has 1 saturated heterocycles. The monoisotopic (exact) mass is 389 g/mol. The first-order valence-electron chi connectivity index (χ1n) is 9.57. The molecular formula is C22H20FN5O. The van der Waals surface area contributed by atoms with Gasteiger partial charge in [0.15, 0.2) is 0 Å². The first kappa shape index (κ1) is 17.6. The fourth-order valence-electron chi connectivity index (χ4n) is 3.55. The molecule has 0 spiro atoms. The highest BCUT2D eigenvalue weighted by molar-refractivity contribution is 5.79. The molecule has 1 aromatic carbocycles. The Morgan fingerprint density at radius 3 is 2.55 bits per heavy atom. The number of nitrogens with zero attached hydrogens (tertiary/aromatic N) is 4. The van der Waals surface area contributed by atoms with E-state index in [0.717, 1.165) is 54.7 Å². The molecule has 4 heterocycles. The summed E-state index contributed by atoms with van der Waals surface area (Å²) in [5.41, 5.74) is 4.41. The van der Waals surface area contributed by atoms with Gasteiger partial charge in [0.25, 0.3) is 0 Å². The minimum Gasteiger partial charge on any atom is -0.378 e. The number of morpholine rings is 1. The molecule has 29 heavy (non-hydrogen) atoms. The molecule has 0 radical (unpaired) electrons. The predicted molar refractivity (Wildman–Crippen MR) is 111 cm³/mol. The van der Waals surface area contributed by atoms with Gasteiger partial charge in [-0.3, -0.25) is 4.40 Å². The zero-order valence-corrected chi connectivity index (χ0v) is 15.8. The average Bonchev–Trinajstić information content (AvgIpc) is 3.14. The molecule has 146 valence electrons. The summed E-state index contributed by atoms with van der Waals surface area (Å²) in [7, 11) is 0. The van der Waals surface area contributed by atoms with E-state index in [0.29, 0.717) is 0 Å². The van der Waals surface area contributed by atoms with Crippen molar-refractivity contribution < 1.29 is 9.13 Å². The van der Waals surface area contributed by atoms with E-state index in [-0.39, 0.29) is 0 Å². The van der Waals surface area contributed by atoms with Crippen LogP contribution in [0.1, 0.15) is 0 Å².